The maximum atomic E-state index is 12.2. The van der Waals surface area contributed by atoms with Gasteiger partial charge in [-0.15, -0.1) is 0 Å². The lowest BCUT2D eigenvalue weighted by Gasteiger charge is -2.19. The molecule has 0 spiro atoms. The van der Waals surface area contributed by atoms with Crippen LogP contribution in [0.3, 0.4) is 0 Å². The van der Waals surface area contributed by atoms with Crippen LogP contribution in [-0.4, -0.2) is 11.2 Å². The second-order valence-corrected chi connectivity index (χ2v) is 4.98. The van der Waals surface area contributed by atoms with Crippen LogP contribution in [0.2, 0.25) is 10.2 Å². The van der Waals surface area contributed by atoms with E-state index in [1.54, 1.807) is 12.1 Å². The second kappa shape index (κ2) is 6.30. The number of nitrogens with zero attached hydrogens (tertiary/aromatic N) is 3. The summed E-state index contributed by atoms with van der Waals surface area (Å²) in [7, 11) is 0. The smallest absolute Gasteiger partial charge is 0.243 e. The first-order valence-electron chi connectivity index (χ1n) is 5.40. The SMILES string of the molecule is N#CC(C#N)(CCC(F)(F)F)Cc1cnc(Cl)c(Cl)c1. The molecule has 0 bridgehead atoms. The highest BCUT2D eigenvalue weighted by molar-refractivity contribution is 6.41. The quantitative estimate of drug-likeness (QED) is 0.776. The van der Waals surface area contributed by atoms with Gasteiger partial charge in [-0.3, -0.25) is 0 Å². The van der Waals surface area contributed by atoms with Crippen LogP contribution >= 0.6 is 23.2 Å². The van der Waals surface area contributed by atoms with Gasteiger partial charge in [-0.2, -0.15) is 23.7 Å². The van der Waals surface area contributed by atoms with Gasteiger partial charge in [-0.25, -0.2) is 4.98 Å². The van der Waals surface area contributed by atoms with Crippen molar-refractivity contribution in [1.29, 1.82) is 10.5 Å². The first-order chi connectivity index (χ1) is 9.21. The lowest BCUT2D eigenvalue weighted by molar-refractivity contribution is -0.138. The van der Waals surface area contributed by atoms with Crippen molar-refractivity contribution in [3.05, 3.63) is 28.0 Å². The Hall–Kier alpha value is -1.50. The van der Waals surface area contributed by atoms with Crippen LogP contribution in [0.1, 0.15) is 18.4 Å². The van der Waals surface area contributed by atoms with Crippen molar-refractivity contribution in [3.63, 3.8) is 0 Å². The predicted molar refractivity (Wildman–Crippen MR) is 66.9 cm³/mol. The van der Waals surface area contributed by atoms with Crippen LogP contribution in [0.5, 0.6) is 0 Å². The van der Waals surface area contributed by atoms with Crippen molar-refractivity contribution in [2.45, 2.75) is 25.4 Å². The van der Waals surface area contributed by atoms with E-state index in [1.165, 1.54) is 12.3 Å². The normalized spacial score (nSPS) is 11.8. The second-order valence-electron chi connectivity index (χ2n) is 4.21. The molecule has 1 rings (SSSR count). The molecule has 0 amide bonds. The van der Waals surface area contributed by atoms with Crippen LogP contribution in [0.15, 0.2) is 12.3 Å². The van der Waals surface area contributed by atoms with Crippen LogP contribution in [0, 0.1) is 28.1 Å². The van der Waals surface area contributed by atoms with Gasteiger partial charge in [0.2, 0.25) is 0 Å². The third kappa shape index (κ3) is 4.56. The zero-order valence-electron chi connectivity index (χ0n) is 10.0. The minimum atomic E-state index is -4.42. The fourth-order valence-corrected chi connectivity index (χ4v) is 1.86. The maximum absolute atomic E-state index is 12.2. The van der Waals surface area contributed by atoms with Crippen molar-refractivity contribution in [2.75, 3.05) is 0 Å². The van der Waals surface area contributed by atoms with Crippen LogP contribution in [-0.2, 0) is 6.42 Å². The number of aromatic nitrogens is 1. The predicted octanol–water partition coefficient (Wildman–Crippen LogP) is 4.31. The first kappa shape index (κ1) is 16.6. The standard InChI is InChI=1S/C12H8Cl2F3N3/c13-9-3-8(5-20-10(9)14)4-11(6-18,7-19)1-2-12(15,16)17/h3,5H,1-2,4H2. The minimum absolute atomic E-state index is 0.0465. The monoisotopic (exact) mass is 321 g/mol. The maximum Gasteiger partial charge on any atom is 0.389 e. The Balaban J connectivity index is 2.95. The van der Waals surface area contributed by atoms with E-state index < -0.39 is 24.4 Å². The van der Waals surface area contributed by atoms with Crippen LogP contribution in [0.4, 0.5) is 13.2 Å². The number of alkyl halides is 3. The Morgan fingerprint density at radius 1 is 1.15 bits per heavy atom. The van der Waals surface area contributed by atoms with Gasteiger partial charge in [-0.1, -0.05) is 23.2 Å². The highest BCUT2D eigenvalue weighted by atomic mass is 35.5. The molecule has 0 unspecified atom stereocenters. The molecule has 0 aliphatic rings. The summed E-state index contributed by atoms with van der Waals surface area (Å²) in [5.41, 5.74) is -1.39. The Morgan fingerprint density at radius 3 is 2.20 bits per heavy atom. The number of pyridine rings is 1. The van der Waals surface area contributed by atoms with E-state index in [0.29, 0.717) is 5.56 Å². The molecule has 20 heavy (non-hydrogen) atoms. The molecule has 0 aliphatic carbocycles. The zero-order valence-corrected chi connectivity index (χ0v) is 11.5. The molecule has 0 fully saturated rings. The molecule has 0 aromatic carbocycles. The Morgan fingerprint density at radius 2 is 1.75 bits per heavy atom. The van der Waals surface area contributed by atoms with Gasteiger partial charge in [0.15, 0.2) is 0 Å². The molecule has 0 atom stereocenters. The fraction of sp³-hybridized carbons (Fsp3) is 0.417. The van der Waals surface area contributed by atoms with E-state index in [1.807, 2.05) is 0 Å². The largest absolute Gasteiger partial charge is 0.389 e. The Bertz CT molecular complexity index is 559. The summed E-state index contributed by atoms with van der Waals surface area (Å²) in [4.78, 5) is 3.73. The molecule has 1 aromatic heterocycles. The molecule has 8 heteroatoms. The van der Waals surface area contributed by atoms with Gasteiger partial charge < -0.3 is 0 Å². The molecule has 0 saturated carbocycles. The molecule has 106 valence electrons. The molecule has 3 nitrogen and oxygen atoms in total. The molecule has 1 heterocycles. The number of hydrogen-bond donors (Lipinski definition) is 0. The fourth-order valence-electron chi connectivity index (χ4n) is 1.57. The van der Waals surface area contributed by atoms with Crippen LogP contribution < -0.4 is 0 Å². The summed E-state index contributed by atoms with van der Waals surface area (Å²) >= 11 is 11.4. The van der Waals surface area contributed by atoms with Gasteiger partial charge in [0.25, 0.3) is 0 Å². The van der Waals surface area contributed by atoms with Gasteiger partial charge in [0.05, 0.1) is 17.2 Å². The number of halogens is 5. The van der Waals surface area contributed by atoms with E-state index in [4.69, 9.17) is 33.7 Å². The van der Waals surface area contributed by atoms with Crippen molar-refractivity contribution in [2.24, 2.45) is 5.41 Å². The molecule has 0 aliphatic heterocycles. The summed E-state index contributed by atoms with van der Waals surface area (Å²) in [6, 6.07) is 4.69. The number of hydrogen-bond acceptors (Lipinski definition) is 3. The van der Waals surface area contributed by atoms with E-state index in [-0.39, 0.29) is 16.6 Å². The van der Waals surface area contributed by atoms with Crippen molar-refractivity contribution < 1.29 is 13.2 Å². The lowest BCUT2D eigenvalue weighted by Crippen LogP contribution is -2.23. The third-order valence-electron chi connectivity index (χ3n) is 2.62. The van der Waals surface area contributed by atoms with E-state index in [9.17, 15) is 13.2 Å². The summed E-state index contributed by atoms with van der Waals surface area (Å²) < 4.78 is 36.7. The lowest BCUT2D eigenvalue weighted by atomic mass is 9.80. The highest BCUT2D eigenvalue weighted by Gasteiger charge is 2.37. The summed E-state index contributed by atoms with van der Waals surface area (Å²) in [5, 5.41) is 18.2. The van der Waals surface area contributed by atoms with E-state index in [0.717, 1.165) is 0 Å². The minimum Gasteiger partial charge on any atom is -0.243 e. The van der Waals surface area contributed by atoms with Crippen molar-refractivity contribution in [3.8, 4) is 12.1 Å². The van der Waals surface area contributed by atoms with E-state index >= 15 is 0 Å². The Labute approximate surface area is 123 Å². The highest BCUT2D eigenvalue weighted by Crippen LogP contribution is 2.33. The summed E-state index contributed by atoms with van der Waals surface area (Å²) in [6.45, 7) is 0. The number of nitriles is 2. The molecule has 0 saturated heterocycles. The summed E-state index contributed by atoms with van der Waals surface area (Å²) in [5.74, 6) is 0. The third-order valence-corrected chi connectivity index (χ3v) is 3.31. The van der Waals surface area contributed by atoms with Crippen molar-refractivity contribution in [1.82, 2.24) is 4.98 Å². The average molecular weight is 322 g/mol. The van der Waals surface area contributed by atoms with Gasteiger partial charge in [-0.05, 0) is 18.1 Å². The number of rotatable bonds is 4. The average Bonchev–Trinajstić information content (AvgIpc) is 2.38. The zero-order chi connectivity index (χ0) is 15.4. The molecule has 1 aromatic rings. The molecular formula is C12H8Cl2F3N3. The van der Waals surface area contributed by atoms with Gasteiger partial charge in [0, 0.05) is 19.0 Å². The summed E-state index contributed by atoms with van der Waals surface area (Å²) in [6.07, 6.45) is -5.15. The first-order valence-corrected chi connectivity index (χ1v) is 6.16. The molecule has 0 radical (unpaired) electrons. The Kier molecular flexibility index (Phi) is 5.21. The van der Waals surface area contributed by atoms with Gasteiger partial charge in [0.1, 0.15) is 10.6 Å². The van der Waals surface area contributed by atoms with Crippen molar-refractivity contribution >= 4 is 23.2 Å². The topological polar surface area (TPSA) is 60.5 Å². The molecular weight excluding hydrogens is 314 g/mol. The van der Waals surface area contributed by atoms with E-state index in [2.05, 4.69) is 4.98 Å². The van der Waals surface area contributed by atoms with Gasteiger partial charge >= 0.3 is 6.18 Å². The molecule has 0 N–H and O–H groups in total. The van der Waals surface area contributed by atoms with Crippen LogP contribution in [0.25, 0.3) is 0 Å².